The molecule has 0 amide bonds. The molecule has 4 rings (SSSR count). The molecule has 2 aliphatic carbocycles. The van der Waals surface area contributed by atoms with Crippen LogP contribution in [0.25, 0.3) is 10.2 Å². The highest BCUT2D eigenvalue weighted by Gasteiger charge is 2.31. The lowest BCUT2D eigenvalue weighted by Gasteiger charge is -2.41. The molecule has 0 radical (unpaired) electrons. The number of anilines is 1. The first kappa shape index (κ1) is 25.4. The summed E-state index contributed by atoms with van der Waals surface area (Å²) in [7, 11) is 0. The second-order valence-electron chi connectivity index (χ2n) is 11.9. The van der Waals surface area contributed by atoms with Gasteiger partial charge in [-0.15, -0.1) is 0 Å². The van der Waals surface area contributed by atoms with Gasteiger partial charge in [0.05, 0.1) is 16.8 Å². The van der Waals surface area contributed by atoms with Crippen molar-refractivity contribution in [2.75, 3.05) is 11.5 Å². The summed E-state index contributed by atoms with van der Waals surface area (Å²) in [6, 6.07) is 5.41. The Hall–Kier alpha value is -1.69. The van der Waals surface area contributed by atoms with Crippen LogP contribution in [-0.4, -0.2) is 23.7 Å². The Kier molecular flexibility index (Phi) is 8.49. The van der Waals surface area contributed by atoms with Gasteiger partial charge in [-0.25, -0.2) is 4.98 Å². The van der Waals surface area contributed by atoms with E-state index in [0.29, 0.717) is 30.0 Å². The number of aromatic nitrogens is 1. The van der Waals surface area contributed by atoms with Crippen LogP contribution in [0.3, 0.4) is 0 Å². The van der Waals surface area contributed by atoms with Crippen LogP contribution in [0.1, 0.15) is 105 Å². The summed E-state index contributed by atoms with van der Waals surface area (Å²) in [6.45, 7) is 9.89. The highest BCUT2D eigenvalue weighted by atomic mass is 32.1. The van der Waals surface area contributed by atoms with Crippen molar-refractivity contribution >= 4 is 32.4 Å². The maximum Gasteiger partial charge on any atom is 0.186 e. The molecule has 1 heterocycles. The molecule has 2 saturated carbocycles. The summed E-state index contributed by atoms with van der Waals surface area (Å²) in [5.74, 6) is 1.38. The summed E-state index contributed by atoms with van der Waals surface area (Å²) in [6.07, 6.45) is 15.6. The van der Waals surface area contributed by atoms with Gasteiger partial charge in [-0.2, -0.15) is 5.53 Å². The number of fused-ring (bicyclic) bond motifs is 1. The first-order valence-corrected chi connectivity index (χ1v) is 14.4. The van der Waals surface area contributed by atoms with Gasteiger partial charge in [0, 0.05) is 18.2 Å². The van der Waals surface area contributed by atoms with Crippen molar-refractivity contribution in [2.24, 2.45) is 16.4 Å². The van der Waals surface area contributed by atoms with Crippen LogP contribution < -0.4 is 15.2 Å². The van der Waals surface area contributed by atoms with Crippen LogP contribution in [0.2, 0.25) is 0 Å². The predicted octanol–water partition coefficient (Wildman–Crippen LogP) is 7.45. The molecule has 2 aliphatic rings. The van der Waals surface area contributed by atoms with E-state index in [9.17, 15) is 0 Å². The van der Waals surface area contributed by atoms with Crippen molar-refractivity contribution in [3.05, 3.63) is 12.1 Å². The highest BCUT2D eigenvalue weighted by Crippen LogP contribution is 2.41. The fourth-order valence-electron chi connectivity index (χ4n) is 6.11. The van der Waals surface area contributed by atoms with Gasteiger partial charge in [0.1, 0.15) is 0 Å². The number of ether oxygens (including phenoxy) is 1. The quantitative estimate of drug-likeness (QED) is 0.375. The third-order valence-corrected chi connectivity index (χ3v) is 8.61. The van der Waals surface area contributed by atoms with Gasteiger partial charge >= 0.3 is 0 Å². The lowest BCUT2D eigenvalue weighted by Crippen LogP contribution is -2.45. The minimum Gasteiger partial charge on any atom is -0.491 e. The SMILES string of the molecule is CC(CCOc1cc2nc(N(C3CCCCC3)C3CCCCC3)sc2cc1N=[NH2+])CC(C)(C)C. The maximum atomic E-state index is 6.20. The average molecular weight is 486 g/mol. The lowest BCUT2D eigenvalue weighted by molar-refractivity contribution is -0.210. The van der Waals surface area contributed by atoms with Crippen LogP contribution in [0.4, 0.5) is 10.8 Å². The third kappa shape index (κ3) is 6.50. The Morgan fingerprint density at radius 3 is 2.24 bits per heavy atom. The van der Waals surface area contributed by atoms with Crippen LogP contribution >= 0.6 is 11.3 Å². The number of nitrogens with two attached hydrogens (primary N) is 1. The summed E-state index contributed by atoms with van der Waals surface area (Å²) in [5, 5.41) is 5.24. The summed E-state index contributed by atoms with van der Waals surface area (Å²) in [5.41, 5.74) is 7.86. The molecule has 6 heteroatoms. The molecule has 0 spiro atoms. The van der Waals surface area contributed by atoms with Crippen LogP contribution in [0, 0.1) is 11.3 Å². The van der Waals surface area contributed by atoms with Gasteiger partial charge in [-0.1, -0.05) is 77.6 Å². The first-order chi connectivity index (χ1) is 16.3. The Bertz CT molecular complexity index is 920. The fourth-order valence-corrected chi connectivity index (χ4v) is 7.23. The van der Waals surface area contributed by atoms with E-state index >= 15 is 0 Å². The topological polar surface area (TPSA) is 63.3 Å². The molecule has 1 atom stereocenters. The van der Waals surface area contributed by atoms with E-state index in [1.807, 2.05) is 11.3 Å². The number of benzene rings is 1. The zero-order valence-electron chi connectivity index (χ0n) is 21.8. The van der Waals surface area contributed by atoms with Crippen molar-refractivity contribution in [1.29, 1.82) is 0 Å². The van der Waals surface area contributed by atoms with Crippen molar-refractivity contribution in [3.63, 3.8) is 0 Å². The standard InChI is InChI=1S/C28H44N4OS/c1-20(19-28(2,3)4)15-16-33-25-17-24-26(18-23(25)31-29)34-27(30-24)32(21-11-7-5-8-12-21)22-13-9-6-10-14-22/h17-18,20-22,29H,5-16,19H2,1-4H3/p+1. The lowest BCUT2D eigenvalue weighted by atomic mass is 9.84. The smallest absolute Gasteiger partial charge is 0.186 e. The summed E-state index contributed by atoms with van der Waals surface area (Å²) >= 11 is 1.81. The second-order valence-corrected chi connectivity index (χ2v) is 12.9. The van der Waals surface area contributed by atoms with E-state index in [1.165, 1.54) is 75.8 Å². The molecule has 2 aromatic rings. The molecule has 2 fully saturated rings. The maximum absolute atomic E-state index is 6.20. The Morgan fingerprint density at radius 2 is 1.68 bits per heavy atom. The molecule has 1 aromatic heterocycles. The van der Waals surface area contributed by atoms with E-state index in [1.54, 1.807) is 0 Å². The third-order valence-electron chi connectivity index (χ3n) is 7.58. The van der Waals surface area contributed by atoms with Gasteiger partial charge in [0.15, 0.2) is 16.6 Å². The fraction of sp³-hybridized carbons (Fsp3) is 0.750. The van der Waals surface area contributed by atoms with Gasteiger partial charge in [-0.05, 0) is 61.0 Å². The predicted molar refractivity (Wildman–Crippen MR) is 143 cm³/mol. The van der Waals surface area contributed by atoms with Crippen LogP contribution in [0.15, 0.2) is 17.2 Å². The Morgan fingerprint density at radius 1 is 1.06 bits per heavy atom. The molecule has 5 nitrogen and oxygen atoms in total. The number of thiazole rings is 1. The minimum atomic E-state index is 0.343. The Labute approximate surface area is 210 Å². The van der Waals surface area contributed by atoms with Crippen LogP contribution in [0.5, 0.6) is 5.75 Å². The van der Waals surface area contributed by atoms with Crippen molar-refractivity contribution in [2.45, 2.75) is 117 Å². The Balaban J connectivity index is 1.54. The van der Waals surface area contributed by atoms with Gasteiger partial charge in [0.2, 0.25) is 0 Å². The molecule has 0 saturated heterocycles. The molecule has 34 heavy (non-hydrogen) atoms. The number of hydrogen-bond acceptors (Lipinski definition) is 5. The number of hydrogen-bond donors (Lipinski definition) is 1. The molecule has 0 aliphatic heterocycles. The normalized spacial score (nSPS) is 19.3. The zero-order valence-corrected chi connectivity index (χ0v) is 22.6. The molecular weight excluding hydrogens is 440 g/mol. The molecule has 1 aromatic carbocycles. The minimum absolute atomic E-state index is 0.343. The zero-order chi connectivity index (χ0) is 24.1. The summed E-state index contributed by atoms with van der Waals surface area (Å²) < 4.78 is 7.36. The molecule has 188 valence electrons. The molecular formula is C28H45N4OS+. The van der Waals surface area contributed by atoms with E-state index in [4.69, 9.17) is 15.3 Å². The molecule has 2 N–H and O–H groups in total. The van der Waals surface area contributed by atoms with Gasteiger partial charge in [0.25, 0.3) is 0 Å². The second kappa shape index (κ2) is 11.4. The van der Waals surface area contributed by atoms with Crippen molar-refractivity contribution in [3.8, 4) is 5.75 Å². The molecule has 0 bridgehead atoms. The number of nitrogens with zero attached hydrogens (tertiary/aromatic N) is 3. The van der Waals surface area contributed by atoms with Crippen molar-refractivity contribution < 1.29 is 10.3 Å². The monoisotopic (exact) mass is 485 g/mol. The van der Waals surface area contributed by atoms with E-state index < -0.39 is 0 Å². The summed E-state index contributed by atoms with van der Waals surface area (Å²) in [4.78, 5) is 7.89. The van der Waals surface area contributed by atoms with E-state index in [0.717, 1.165) is 28.1 Å². The van der Waals surface area contributed by atoms with Gasteiger partial charge < -0.3 is 9.64 Å². The highest BCUT2D eigenvalue weighted by molar-refractivity contribution is 7.22. The van der Waals surface area contributed by atoms with E-state index in [2.05, 4.69) is 49.8 Å². The van der Waals surface area contributed by atoms with Gasteiger partial charge in [-0.3, -0.25) is 0 Å². The average Bonchev–Trinajstić information content (AvgIpc) is 3.21. The van der Waals surface area contributed by atoms with Crippen LogP contribution in [-0.2, 0) is 0 Å². The number of rotatable bonds is 9. The van der Waals surface area contributed by atoms with E-state index in [-0.39, 0.29) is 0 Å². The largest absolute Gasteiger partial charge is 0.491 e. The van der Waals surface area contributed by atoms with Crippen molar-refractivity contribution in [1.82, 2.24) is 4.98 Å². The first-order valence-electron chi connectivity index (χ1n) is 13.6. The molecule has 1 unspecified atom stereocenters.